The fourth-order valence-electron chi connectivity index (χ4n) is 1.19. The Morgan fingerprint density at radius 1 is 1.67 bits per heavy atom. The number of hydrogen-bond acceptors (Lipinski definition) is 2. The van der Waals surface area contributed by atoms with Gasteiger partial charge in [0.15, 0.2) is 6.10 Å². The first-order valence-corrected chi connectivity index (χ1v) is 5.09. The molecule has 0 fully saturated rings. The molecule has 1 N–H and O–H groups in total. The smallest absolute Gasteiger partial charge is 0.352 e. The van der Waals surface area contributed by atoms with Gasteiger partial charge in [-0.25, -0.2) is 0 Å². The number of hydrogen-bond donors (Lipinski definition) is 1. The molecule has 0 spiro atoms. The van der Waals surface area contributed by atoms with Crippen LogP contribution in [0, 0.1) is 0 Å². The zero-order chi connectivity index (χ0) is 11.6. The summed E-state index contributed by atoms with van der Waals surface area (Å²) in [6, 6.07) is 0. The van der Waals surface area contributed by atoms with E-state index < -0.39 is 11.5 Å². The molecule has 3 nitrogen and oxygen atoms in total. The number of rotatable bonds is 4. The van der Waals surface area contributed by atoms with Crippen molar-refractivity contribution in [2.24, 2.45) is 0 Å². The lowest BCUT2D eigenvalue weighted by atomic mass is 10.2. The van der Waals surface area contributed by atoms with Crippen LogP contribution < -0.4 is 0 Å². The molecule has 0 aliphatic heterocycles. The second-order valence-electron chi connectivity index (χ2n) is 3.05. The summed E-state index contributed by atoms with van der Waals surface area (Å²) in [6.07, 6.45) is -0.259. The third kappa shape index (κ3) is 2.80. The van der Waals surface area contributed by atoms with Crippen LogP contribution in [0.25, 0.3) is 0 Å². The Bertz CT molecular complexity index is 338. The summed E-state index contributed by atoms with van der Waals surface area (Å²) in [4.78, 5) is 0. The highest BCUT2D eigenvalue weighted by molar-refractivity contribution is 6.31. The minimum Gasteiger partial charge on any atom is -0.379 e. The summed E-state index contributed by atoms with van der Waals surface area (Å²) in [5, 5.41) is 9.31. The van der Waals surface area contributed by atoms with Crippen LogP contribution >= 0.6 is 23.2 Å². The van der Waals surface area contributed by atoms with Gasteiger partial charge >= 0.3 is 5.38 Å². The summed E-state index contributed by atoms with van der Waals surface area (Å²) in [6.45, 7) is 2.25. The van der Waals surface area contributed by atoms with Crippen molar-refractivity contribution in [2.75, 3.05) is 0 Å². The van der Waals surface area contributed by atoms with E-state index in [0.717, 1.165) is 0 Å². The highest BCUT2D eigenvalue weighted by atomic mass is 35.5. The van der Waals surface area contributed by atoms with E-state index >= 15 is 0 Å². The average Bonchev–Trinajstić information content (AvgIpc) is 2.45. The van der Waals surface area contributed by atoms with Crippen molar-refractivity contribution in [3.8, 4) is 0 Å². The molecular formula is C8H10Cl2F2N2O. The van der Waals surface area contributed by atoms with Crippen molar-refractivity contribution in [1.29, 1.82) is 0 Å². The van der Waals surface area contributed by atoms with Crippen molar-refractivity contribution in [1.82, 2.24) is 9.78 Å². The van der Waals surface area contributed by atoms with Gasteiger partial charge in [-0.3, -0.25) is 4.68 Å². The maximum Gasteiger partial charge on any atom is 0.352 e. The standard InChI is InChI=1S/C8H10Cl2F2N2O/c1-2-3-14-6(5(9)4-13-14)7(15)8(10,11)12/h4,7,15H,2-3H2,1H3. The van der Waals surface area contributed by atoms with Crippen molar-refractivity contribution in [2.45, 2.75) is 31.4 Å². The summed E-state index contributed by atoms with van der Waals surface area (Å²) in [7, 11) is 0. The van der Waals surface area contributed by atoms with E-state index in [1.807, 2.05) is 6.92 Å². The number of aliphatic hydroxyl groups is 1. The average molecular weight is 259 g/mol. The van der Waals surface area contributed by atoms with Crippen LogP contribution in [0.1, 0.15) is 25.1 Å². The molecule has 1 atom stereocenters. The Balaban J connectivity index is 3.06. The number of aromatic nitrogens is 2. The predicted molar refractivity (Wildman–Crippen MR) is 53.3 cm³/mol. The van der Waals surface area contributed by atoms with Crippen molar-refractivity contribution in [3.63, 3.8) is 0 Å². The lowest BCUT2D eigenvalue weighted by Gasteiger charge is -2.17. The number of alkyl halides is 3. The van der Waals surface area contributed by atoms with Crippen molar-refractivity contribution < 1.29 is 13.9 Å². The monoisotopic (exact) mass is 258 g/mol. The molecule has 1 heterocycles. The topological polar surface area (TPSA) is 38.0 Å². The van der Waals surface area contributed by atoms with Crippen LogP contribution in [0.2, 0.25) is 5.02 Å². The van der Waals surface area contributed by atoms with Gasteiger partial charge in [0.1, 0.15) is 0 Å². The van der Waals surface area contributed by atoms with E-state index in [4.69, 9.17) is 23.2 Å². The van der Waals surface area contributed by atoms with Gasteiger partial charge in [-0.2, -0.15) is 13.9 Å². The summed E-state index contributed by atoms with van der Waals surface area (Å²) in [5.74, 6) is 0. The molecule has 1 rings (SSSR count). The molecule has 0 amide bonds. The minimum absolute atomic E-state index is 0.0173. The van der Waals surface area contributed by atoms with Crippen LogP contribution in [0.5, 0.6) is 0 Å². The van der Waals surface area contributed by atoms with Crippen LogP contribution in [0.3, 0.4) is 0 Å². The summed E-state index contributed by atoms with van der Waals surface area (Å²) >= 11 is 10.4. The molecule has 1 unspecified atom stereocenters. The van der Waals surface area contributed by atoms with E-state index in [-0.39, 0.29) is 10.7 Å². The minimum atomic E-state index is -3.75. The van der Waals surface area contributed by atoms with E-state index in [1.165, 1.54) is 10.9 Å². The molecule has 15 heavy (non-hydrogen) atoms. The fourth-order valence-corrected chi connectivity index (χ4v) is 1.54. The number of halogens is 4. The van der Waals surface area contributed by atoms with Gasteiger partial charge in [-0.15, -0.1) is 0 Å². The van der Waals surface area contributed by atoms with Crippen LogP contribution in [-0.2, 0) is 6.54 Å². The fraction of sp³-hybridized carbons (Fsp3) is 0.625. The van der Waals surface area contributed by atoms with E-state index in [9.17, 15) is 13.9 Å². The van der Waals surface area contributed by atoms with E-state index in [0.29, 0.717) is 13.0 Å². The molecule has 0 saturated heterocycles. The highest BCUT2D eigenvalue weighted by Crippen LogP contribution is 2.37. The van der Waals surface area contributed by atoms with Gasteiger partial charge in [0.05, 0.1) is 16.9 Å². The zero-order valence-corrected chi connectivity index (χ0v) is 9.43. The first-order chi connectivity index (χ1) is 6.88. The maximum absolute atomic E-state index is 12.7. The Morgan fingerprint density at radius 3 is 2.73 bits per heavy atom. The molecule has 1 aromatic rings. The highest BCUT2D eigenvalue weighted by Gasteiger charge is 2.40. The second kappa shape index (κ2) is 4.63. The normalized spacial score (nSPS) is 14.3. The summed E-state index contributed by atoms with van der Waals surface area (Å²) < 4.78 is 26.6. The van der Waals surface area contributed by atoms with Gasteiger partial charge in [-0.05, 0) is 18.0 Å². The Labute approximate surface area is 95.6 Å². The lowest BCUT2D eigenvalue weighted by Crippen LogP contribution is -2.22. The molecule has 0 bridgehead atoms. The van der Waals surface area contributed by atoms with E-state index in [1.54, 1.807) is 0 Å². The first-order valence-electron chi connectivity index (χ1n) is 4.34. The number of nitrogens with zero attached hydrogens (tertiary/aromatic N) is 2. The predicted octanol–water partition coefficient (Wildman–Crippen LogP) is 2.81. The largest absolute Gasteiger partial charge is 0.379 e. The maximum atomic E-state index is 12.7. The second-order valence-corrected chi connectivity index (χ2v) is 3.96. The molecular weight excluding hydrogens is 249 g/mol. The summed E-state index contributed by atoms with van der Waals surface area (Å²) in [5.41, 5.74) is -0.154. The zero-order valence-electron chi connectivity index (χ0n) is 7.92. The van der Waals surface area contributed by atoms with E-state index in [2.05, 4.69) is 5.10 Å². The molecule has 7 heteroatoms. The molecule has 1 aromatic heterocycles. The van der Waals surface area contributed by atoms with Gasteiger partial charge in [-0.1, -0.05) is 18.5 Å². The Kier molecular flexibility index (Phi) is 3.92. The van der Waals surface area contributed by atoms with Gasteiger partial charge in [0.25, 0.3) is 0 Å². The number of aliphatic hydroxyl groups excluding tert-OH is 1. The van der Waals surface area contributed by atoms with Gasteiger partial charge < -0.3 is 5.11 Å². The first kappa shape index (κ1) is 12.7. The van der Waals surface area contributed by atoms with Crippen LogP contribution in [0.15, 0.2) is 6.20 Å². The van der Waals surface area contributed by atoms with Crippen molar-refractivity contribution in [3.05, 3.63) is 16.9 Å². The molecule has 0 saturated carbocycles. The van der Waals surface area contributed by atoms with Crippen LogP contribution in [-0.4, -0.2) is 20.3 Å². The van der Waals surface area contributed by atoms with Crippen molar-refractivity contribution >= 4 is 23.2 Å². The SMILES string of the molecule is CCCn1ncc(Cl)c1C(O)C(F)(F)Cl. The molecule has 0 radical (unpaired) electrons. The molecule has 0 aliphatic carbocycles. The Hall–Kier alpha value is -0.390. The molecule has 0 aromatic carbocycles. The third-order valence-electron chi connectivity index (χ3n) is 1.84. The Morgan fingerprint density at radius 2 is 2.27 bits per heavy atom. The van der Waals surface area contributed by atoms with Gasteiger partial charge in [0, 0.05) is 6.54 Å². The number of aryl methyl sites for hydroxylation is 1. The lowest BCUT2D eigenvalue weighted by molar-refractivity contribution is -0.0467. The third-order valence-corrected chi connectivity index (χ3v) is 2.34. The molecule has 0 aliphatic rings. The quantitative estimate of drug-likeness (QED) is 0.844. The van der Waals surface area contributed by atoms with Gasteiger partial charge in [0.2, 0.25) is 0 Å². The van der Waals surface area contributed by atoms with Crippen LogP contribution in [0.4, 0.5) is 8.78 Å². The molecule has 86 valence electrons.